The first-order chi connectivity index (χ1) is 5.79. The van der Waals surface area contributed by atoms with Crippen LogP contribution in [0.15, 0.2) is 18.2 Å². The van der Waals surface area contributed by atoms with Crippen molar-refractivity contribution in [2.75, 3.05) is 6.61 Å². The lowest BCUT2D eigenvalue weighted by Gasteiger charge is -2.15. The van der Waals surface area contributed by atoms with Crippen LogP contribution >= 0.6 is 0 Å². The van der Waals surface area contributed by atoms with Gasteiger partial charge in [-0.05, 0) is 30.7 Å². The van der Waals surface area contributed by atoms with Gasteiger partial charge in [0.25, 0.3) is 0 Å². The van der Waals surface area contributed by atoms with E-state index in [4.69, 9.17) is 4.74 Å². The van der Waals surface area contributed by atoms with Crippen molar-refractivity contribution in [2.24, 2.45) is 0 Å². The highest BCUT2D eigenvalue weighted by atomic mass is 16.5. The third kappa shape index (κ3) is 0.961. The SMILES string of the molecule is Cc1ccc(O)c2c1OCC=C2. The van der Waals surface area contributed by atoms with Gasteiger partial charge in [0.05, 0.1) is 5.56 Å². The monoisotopic (exact) mass is 162 g/mol. The van der Waals surface area contributed by atoms with Gasteiger partial charge in [0.15, 0.2) is 0 Å². The highest BCUT2D eigenvalue weighted by Gasteiger charge is 2.11. The molecule has 2 nitrogen and oxygen atoms in total. The molecule has 0 unspecified atom stereocenters. The second-order valence-corrected chi connectivity index (χ2v) is 2.86. The van der Waals surface area contributed by atoms with Gasteiger partial charge in [0, 0.05) is 0 Å². The van der Waals surface area contributed by atoms with Gasteiger partial charge in [-0.1, -0.05) is 6.07 Å². The Morgan fingerprint density at radius 1 is 1.42 bits per heavy atom. The minimum Gasteiger partial charge on any atom is -0.507 e. The first-order valence-electron chi connectivity index (χ1n) is 3.91. The molecule has 1 aromatic rings. The Morgan fingerprint density at radius 3 is 3.00 bits per heavy atom. The molecule has 0 bridgehead atoms. The predicted molar refractivity (Wildman–Crippen MR) is 47.4 cm³/mol. The lowest BCUT2D eigenvalue weighted by atomic mass is 10.1. The number of rotatable bonds is 0. The van der Waals surface area contributed by atoms with Crippen LogP contribution in [0.2, 0.25) is 0 Å². The van der Waals surface area contributed by atoms with E-state index in [1.54, 1.807) is 6.07 Å². The standard InChI is InChI=1S/C10H10O2/c1-7-4-5-9(11)8-3-2-6-12-10(7)8/h2-5,11H,6H2,1H3. The molecule has 2 rings (SSSR count). The second-order valence-electron chi connectivity index (χ2n) is 2.86. The molecular formula is C10H10O2. The van der Waals surface area contributed by atoms with Gasteiger partial charge in [-0.3, -0.25) is 0 Å². The van der Waals surface area contributed by atoms with E-state index >= 15 is 0 Å². The molecule has 1 N–H and O–H groups in total. The van der Waals surface area contributed by atoms with Crippen LogP contribution < -0.4 is 4.74 Å². The van der Waals surface area contributed by atoms with Crippen molar-refractivity contribution in [1.29, 1.82) is 0 Å². The zero-order chi connectivity index (χ0) is 8.55. The predicted octanol–water partition coefficient (Wildman–Crippen LogP) is 2.11. The van der Waals surface area contributed by atoms with Crippen molar-refractivity contribution in [3.05, 3.63) is 29.3 Å². The summed E-state index contributed by atoms with van der Waals surface area (Å²) in [5, 5.41) is 9.45. The van der Waals surface area contributed by atoms with Crippen LogP contribution in [0.1, 0.15) is 11.1 Å². The summed E-state index contributed by atoms with van der Waals surface area (Å²) in [5.74, 6) is 1.09. The van der Waals surface area contributed by atoms with Crippen molar-refractivity contribution in [3.63, 3.8) is 0 Å². The van der Waals surface area contributed by atoms with Crippen molar-refractivity contribution >= 4 is 6.08 Å². The number of benzene rings is 1. The normalized spacial score (nSPS) is 13.8. The van der Waals surface area contributed by atoms with E-state index in [-0.39, 0.29) is 5.75 Å². The summed E-state index contributed by atoms with van der Waals surface area (Å²) in [5.41, 5.74) is 1.86. The lowest BCUT2D eigenvalue weighted by Crippen LogP contribution is -2.01. The summed E-state index contributed by atoms with van der Waals surface area (Å²) in [6.07, 6.45) is 3.78. The van der Waals surface area contributed by atoms with E-state index in [0.29, 0.717) is 6.61 Å². The second kappa shape index (κ2) is 2.55. The minimum atomic E-state index is 0.284. The molecule has 1 aromatic carbocycles. The summed E-state index contributed by atoms with van der Waals surface area (Å²) in [7, 11) is 0. The van der Waals surface area contributed by atoms with Crippen LogP contribution in [-0.2, 0) is 0 Å². The Bertz CT molecular complexity index is 340. The molecule has 0 aliphatic carbocycles. The molecule has 0 radical (unpaired) electrons. The molecule has 1 aliphatic heterocycles. The smallest absolute Gasteiger partial charge is 0.133 e. The largest absolute Gasteiger partial charge is 0.507 e. The van der Waals surface area contributed by atoms with Gasteiger partial charge in [0.2, 0.25) is 0 Å². The molecule has 0 saturated heterocycles. The maximum absolute atomic E-state index is 9.45. The number of hydrogen-bond donors (Lipinski definition) is 1. The van der Waals surface area contributed by atoms with E-state index in [0.717, 1.165) is 16.9 Å². The molecule has 1 heterocycles. The number of ether oxygens (including phenoxy) is 1. The molecule has 62 valence electrons. The quantitative estimate of drug-likeness (QED) is 0.633. The molecule has 1 aliphatic rings. The number of aryl methyl sites for hydroxylation is 1. The molecule has 2 heteroatoms. The van der Waals surface area contributed by atoms with Crippen LogP contribution in [-0.4, -0.2) is 11.7 Å². The number of fused-ring (bicyclic) bond motifs is 1. The summed E-state index contributed by atoms with van der Waals surface area (Å²) < 4.78 is 5.39. The first kappa shape index (κ1) is 7.22. The van der Waals surface area contributed by atoms with Crippen LogP contribution in [0.5, 0.6) is 11.5 Å². The Kier molecular flexibility index (Phi) is 1.54. The van der Waals surface area contributed by atoms with Crippen LogP contribution in [0.3, 0.4) is 0 Å². The zero-order valence-electron chi connectivity index (χ0n) is 6.87. The maximum Gasteiger partial charge on any atom is 0.133 e. The lowest BCUT2D eigenvalue weighted by molar-refractivity contribution is 0.352. The molecule has 0 fully saturated rings. The minimum absolute atomic E-state index is 0.284. The van der Waals surface area contributed by atoms with Gasteiger partial charge in [-0.25, -0.2) is 0 Å². The average molecular weight is 162 g/mol. The third-order valence-corrected chi connectivity index (χ3v) is 1.98. The molecule has 0 saturated carbocycles. The van der Waals surface area contributed by atoms with Crippen molar-refractivity contribution in [3.8, 4) is 11.5 Å². The summed E-state index contributed by atoms with van der Waals surface area (Å²) in [6.45, 7) is 2.56. The highest BCUT2D eigenvalue weighted by molar-refractivity contribution is 5.67. The average Bonchev–Trinajstić information content (AvgIpc) is 2.12. The molecule has 12 heavy (non-hydrogen) atoms. The Balaban J connectivity index is 2.67. The Hall–Kier alpha value is -1.44. The molecule has 0 atom stereocenters. The number of phenolic OH excluding ortho intramolecular Hbond substituents is 1. The molecule has 0 spiro atoms. The van der Waals surface area contributed by atoms with Crippen LogP contribution in [0, 0.1) is 6.92 Å². The van der Waals surface area contributed by atoms with Gasteiger partial charge < -0.3 is 9.84 Å². The van der Waals surface area contributed by atoms with Gasteiger partial charge in [0.1, 0.15) is 18.1 Å². The zero-order valence-corrected chi connectivity index (χ0v) is 6.87. The fraction of sp³-hybridized carbons (Fsp3) is 0.200. The summed E-state index contributed by atoms with van der Waals surface area (Å²) in [6, 6.07) is 3.54. The van der Waals surface area contributed by atoms with Gasteiger partial charge in [-0.15, -0.1) is 0 Å². The molecular weight excluding hydrogens is 152 g/mol. The van der Waals surface area contributed by atoms with Crippen molar-refractivity contribution in [2.45, 2.75) is 6.92 Å². The van der Waals surface area contributed by atoms with Gasteiger partial charge in [-0.2, -0.15) is 0 Å². The van der Waals surface area contributed by atoms with Crippen LogP contribution in [0.4, 0.5) is 0 Å². The van der Waals surface area contributed by atoms with Crippen molar-refractivity contribution in [1.82, 2.24) is 0 Å². The number of hydrogen-bond acceptors (Lipinski definition) is 2. The summed E-state index contributed by atoms with van der Waals surface area (Å²) in [4.78, 5) is 0. The fourth-order valence-corrected chi connectivity index (χ4v) is 1.35. The van der Waals surface area contributed by atoms with Gasteiger partial charge >= 0.3 is 0 Å². The number of aromatic hydroxyl groups is 1. The maximum atomic E-state index is 9.45. The topological polar surface area (TPSA) is 29.5 Å². The Morgan fingerprint density at radius 2 is 2.25 bits per heavy atom. The Labute approximate surface area is 71.1 Å². The number of phenols is 1. The van der Waals surface area contributed by atoms with E-state index in [2.05, 4.69) is 0 Å². The molecule has 0 amide bonds. The van der Waals surface area contributed by atoms with E-state index in [1.165, 1.54) is 0 Å². The van der Waals surface area contributed by atoms with E-state index in [9.17, 15) is 5.11 Å². The van der Waals surface area contributed by atoms with Crippen LogP contribution in [0.25, 0.3) is 6.08 Å². The third-order valence-electron chi connectivity index (χ3n) is 1.98. The fourth-order valence-electron chi connectivity index (χ4n) is 1.35. The summed E-state index contributed by atoms with van der Waals surface area (Å²) >= 11 is 0. The van der Waals surface area contributed by atoms with Crippen molar-refractivity contribution < 1.29 is 9.84 Å². The molecule has 0 aromatic heterocycles. The highest BCUT2D eigenvalue weighted by Crippen LogP contribution is 2.34. The van der Waals surface area contributed by atoms with E-state index in [1.807, 2.05) is 25.1 Å². The first-order valence-corrected chi connectivity index (χ1v) is 3.91. The van der Waals surface area contributed by atoms with E-state index < -0.39 is 0 Å².